The molecule has 0 atom stereocenters. The van der Waals surface area contributed by atoms with Gasteiger partial charge in [-0.15, -0.1) is 0 Å². The Bertz CT molecular complexity index is 611. The second-order valence-electron chi connectivity index (χ2n) is 4.27. The number of nitrogens with zero attached hydrogens (tertiary/aromatic N) is 2. The first-order chi connectivity index (χ1) is 9.63. The van der Waals surface area contributed by atoms with Gasteiger partial charge in [-0.25, -0.2) is 9.37 Å². The summed E-state index contributed by atoms with van der Waals surface area (Å²) in [6, 6.07) is 4.21. The summed E-state index contributed by atoms with van der Waals surface area (Å²) in [5, 5.41) is 2.71. The van der Waals surface area contributed by atoms with E-state index in [0.717, 1.165) is 5.82 Å². The third kappa shape index (κ3) is 2.94. The first-order valence-electron chi connectivity index (χ1n) is 6.13. The molecule has 6 nitrogen and oxygen atoms in total. The van der Waals surface area contributed by atoms with Crippen molar-refractivity contribution in [3.05, 3.63) is 47.8 Å². The minimum Gasteiger partial charge on any atom is -0.352 e. The molecule has 4 N–H and O–H groups in total. The second kappa shape index (κ2) is 6.16. The predicted molar refractivity (Wildman–Crippen MR) is 73.5 cm³/mol. The van der Waals surface area contributed by atoms with E-state index in [4.69, 9.17) is 5.84 Å². The van der Waals surface area contributed by atoms with Crippen molar-refractivity contribution >= 4 is 11.6 Å². The van der Waals surface area contributed by atoms with Crippen molar-refractivity contribution in [2.24, 2.45) is 12.9 Å². The monoisotopic (exact) mass is 277 g/mol. The number of anilines is 1. The number of nitrogens with one attached hydrogen (secondary N) is 2. The van der Waals surface area contributed by atoms with Crippen LogP contribution in [0.1, 0.15) is 16.2 Å². The highest BCUT2D eigenvalue weighted by molar-refractivity contribution is 5.99. The Kier molecular flexibility index (Phi) is 4.31. The van der Waals surface area contributed by atoms with Crippen LogP contribution >= 0.6 is 0 Å². The summed E-state index contributed by atoms with van der Waals surface area (Å²) in [7, 11) is 1.88. The van der Waals surface area contributed by atoms with E-state index < -0.39 is 5.82 Å². The summed E-state index contributed by atoms with van der Waals surface area (Å²) in [5.74, 6) is 5.15. The lowest BCUT2D eigenvalue weighted by atomic mass is 10.1. The molecule has 0 saturated heterocycles. The van der Waals surface area contributed by atoms with Crippen LogP contribution in [0.3, 0.4) is 0 Å². The molecule has 1 heterocycles. The smallest absolute Gasteiger partial charge is 0.253 e. The van der Waals surface area contributed by atoms with Crippen molar-refractivity contribution in [3.63, 3.8) is 0 Å². The van der Waals surface area contributed by atoms with Crippen molar-refractivity contribution in [1.82, 2.24) is 14.9 Å². The number of nitrogen functional groups attached to an aromatic ring is 1. The average molecular weight is 277 g/mol. The number of imidazole rings is 1. The number of amides is 1. The molecule has 0 unspecified atom stereocenters. The SMILES string of the molecule is Cn1ccnc1CCNC(=O)c1cccc(F)c1NN. The van der Waals surface area contributed by atoms with Crippen molar-refractivity contribution < 1.29 is 9.18 Å². The fraction of sp³-hybridized carbons (Fsp3) is 0.231. The Hall–Kier alpha value is -2.41. The van der Waals surface area contributed by atoms with Crippen LogP contribution in [-0.2, 0) is 13.5 Å². The lowest BCUT2D eigenvalue weighted by Crippen LogP contribution is -2.28. The third-order valence-corrected chi connectivity index (χ3v) is 2.96. The van der Waals surface area contributed by atoms with Gasteiger partial charge in [0.25, 0.3) is 5.91 Å². The average Bonchev–Trinajstić information content (AvgIpc) is 2.84. The Morgan fingerprint density at radius 2 is 2.30 bits per heavy atom. The zero-order chi connectivity index (χ0) is 14.5. The molecular weight excluding hydrogens is 261 g/mol. The number of hydrazine groups is 1. The van der Waals surface area contributed by atoms with Crippen molar-refractivity contribution in [3.8, 4) is 0 Å². The van der Waals surface area contributed by atoms with Crippen LogP contribution < -0.4 is 16.6 Å². The molecule has 20 heavy (non-hydrogen) atoms. The van der Waals surface area contributed by atoms with Gasteiger partial charge in [0.1, 0.15) is 11.6 Å². The Balaban J connectivity index is 1.99. The molecule has 0 saturated carbocycles. The summed E-state index contributed by atoms with van der Waals surface area (Å²) in [5.41, 5.74) is 2.37. The standard InChI is InChI=1S/C13H16FN5O/c1-19-8-7-16-11(19)5-6-17-13(20)9-3-2-4-10(14)12(9)18-15/h2-4,7-8,18H,5-6,15H2,1H3,(H,17,20). The van der Waals surface area contributed by atoms with Crippen molar-refractivity contribution in [1.29, 1.82) is 0 Å². The molecule has 106 valence electrons. The minimum atomic E-state index is -0.566. The normalized spacial score (nSPS) is 10.3. The highest BCUT2D eigenvalue weighted by atomic mass is 19.1. The van der Waals surface area contributed by atoms with Gasteiger partial charge in [-0.05, 0) is 12.1 Å². The number of halogens is 1. The molecule has 1 amide bonds. The molecule has 0 spiro atoms. The molecule has 0 aliphatic heterocycles. The van der Waals surface area contributed by atoms with E-state index in [0.29, 0.717) is 13.0 Å². The number of aromatic nitrogens is 2. The first-order valence-corrected chi connectivity index (χ1v) is 6.13. The Morgan fingerprint density at radius 3 is 2.95 bits per heavy atom. The number of benzene rings is 1. The van der Waals surface area contributed by atoms with Gasteiger partial charge in [0.05, 0.1) is 11.3 Å². The lowest BCUT2D eigenvalue weighted by molar-refractivity contribution is 0.0954. The number of carbonyl (C=O) groups excluding carboxylic acids is 1. The number of hydrogen-bond acceptors (Lipinski definition) is 4. The number of para-hydroxylation sites is 1. The summed E-state index contributed by atoms with van der Waals surface area (Å²) < 4.78 is 15.3. The first kappa shape index (κ1) is 14.0. The molecule has 1 aromatic carbocycles. The maximum absolute atomic E-state index is 13.5. The van der Waals surface area contributed by atoms with Gasteiger partial charge in [0.2, 0.25) is 0 Å². The minimum absolute atomic E-state index is 0.0120. The fourth-order valence-corrected chi connectivity index (χ4v) is 1.88. The maximum Gasteiger partial charge on any atom is 0.253 e. The van der Waals surface area contributed by atoms with E-state index in [2.05, 4.69) is 15.7 Å². The van der Waals surface area contributed by atoms with Gasteiger partial charge < -0.3 is 15.3 Å². The summed E-state index contributed by atoms with van der Waals surface area (Å²) in [6.07, 6.45) is 4.12. The quantitative estimate of drug-likeness (QED) is 0.558. The van der Waals surface area contributed by atoms with E-state index in [1.165, 1.54) is 18.2 Å². The van der Waals surface area contributed by atoms with E-state index in [-0.39, 0.29) is 17.2 Å². The lowest BCUT2D eigenvalue weighted by Gasteiger charge is -2.10. The van der Waals surface area contributed by atoms with Gasteiger partial charge in [0.15, 0.2) is 0 Å². The number of carbonyl (C=O) groups is 1. The van der Waals surface area contributed by atoms with Crippen LogP contribution in [0.5, 0.6) is 0 Å². The van der Waals surface area contributed by atoms with Gasteiger partial charge in [-0.3, -0.25) is 10.6 Å². The maximum atomic E-state index is 13.5. The van der Waals surface area contributed by atoms with Crippen molar-refractivity contribution in [2.45, 2.75) is 6.42 Å². The van der Waals surface area contributed by atoms with E-state index >= 15 is 0 Å². The largest absolute Gasteiger partial charge is 0.352 e. The summed E-state index contributed by atoms with van der Waals surface area (Å²) in [6.45, 7) is 0.407. The third-order valence-electron chi connectivity index (χ3n) is 2.96. The van der Waals surface area contributed by atoms with Gasteiger partial charge in [-0.2, -0.15) is 0 Å². The Labute approximate surface area is 115 Å². The van der Waals surface area contributed by atoms with Crippen LogP contribution in [-0.4, -0.2) is 22.0 Å². The molecule has 0 bridgehead atoms. The topological polar surface area (TPSA) is 85.0 Å². The predicted octanol–water partition coefficient (Wildman–Crippen LogP) is 0.817. The molecule has 0 aliphatic carbocycles. The fourth-order valence-electron chi connectivity index (χ4n) is 1.88. The van der Waals surface area contributed by atoms with Crippen LogP contribution in [0.15, 0.2) is 30.6 Å². The van der Waals surface area contributed by atoms with Gasteiger partial charge >= 0.3 is 0 Å². The highest BCUT2D eigenvalue weighted by Gasteiger charge is 2.14. The van der Waals surface area contributed by atoms with E-state index in [9.17, 15) is 9.18 Å². The van der Waals surface area contributed by atoms with Crippen LogP contribution in [0, 0.1) is 5.82 Å². The van der Waals surface area contributed by atoms with Crippen LogP contribution in [0.25, 0.3) is 0 Å². The number of nitrogens with two attached hydrogens (primary N) is 1. The molecule has 0 aliphatic rings. The zero-order valence-electron chi connectivity index (χ0n) is 11.1. The van der Waals surface area contributed by atoms with E-state index in [1.807, 2.05) is 17.8 Å². The molecule has 2 aromatic rings. The van der Waals surface area contributed by atoms with Crippen LogP contribution in [0.2, 0.25) is 0 Å². The van der Waals surface area contributed by atoms with Crippen LogP contribution in [0.4, 0.5) is 10.1 Å². The molecule has 7 heteroatoms. The number of rotatable bonds is 5. The Morgan fingerprint density at radius 1 is 1.50 bits per heavy atom. The van der Waals surface area contributed by atoms with Gasteiger partial charge in [-0.1, -0.05) is 6.07 Å². The highest BCUT2D eigenvalue weighted by Crippen LogP contribution is 2.18. The van der Waals surface area contributed by atoms with E-state index in [1.54, 1.807) is 6.20 Å². The number of aryl methyl sites for hydroxylation is 1. The second-order valence-corrected chi connectivity index (χ2v) is 4.27. The molecular formula is C13H16FN5O. The molecule has 2 rings (SSSR count). The number of hydrogen-bond donors (Lipinski definition) is 3. The van der Waals surface area contributed by atoms with Crippen molar-refractivity contribution in [2.75, 3.05) is 12.0 Å². The zero-order valence-corrected chi connectivity index (χ0v) is 11.1. The molecule has 0 radical (unpaired) electrons. The molecule has 0 fully saturated rings. The molecule has 1 aromatic heterocycles. The summed E-state index contributed by atoms with van der Waals surface area (Å²) >= 11 is 0. The summed E-state index contributed by atoms with van der Waals surface area (Å²) in [4.78, 5) is 16.1. The van der Waals surface area contributed by atoms with Gasteiger partial charge in [0, 0.05) is 32.4 Å².